The van der Waals surface area contributed by atoms with Gasteiger partial charge in [-0.3, -0.25) is 9.59 Å². The summed E-state index contributed by atoms with van der Waals surface area (Å²) in [7, 11) is 0. The highest BCUT2D eigenvalue weighted by molar-refractivity contribution is 5.95. The predicted octanol–water partition coefficient (Wildman–Crippen LogP) is 2.86. The minimum absolute atomic E-state index is 0.287. The molecule has 0 aromatic rings. The molecule has 2 atom stereocenters. The van der Waals surface area contributed by atoms with Gasteiger partial charge in [0, 0.05) is 11.1 Å². The molecule has 0 bridgehead atoms. The average molecular weight is 230 g/mol. The van der Waals surface area contributed by atoms with Gasteiger partial charge in [0.15, 0.2) is 6.29 Å². The van der Waals surface area contributed by atoms with Crippen LogP contribution in [-0.2, 0) is 9.59 Å². The molecule has 0 aliphatic heterocycles. The molecule has 0 heterocycles. The molecule has 0 amide bonds. The largest absolute Gasteiger partial charge is 0.298 e. The van der Waals surface area contributed by atoms with E-state index in [0.717, 1.165) is 31.0 Å². The van der Waals surface area contributed by atoms with Crippen molar-refractivity contribution in [1.29, 1.82) is 0 Å². The van der Waals surface area contributed by atoms with Crippen molar-refractivity contribution < 1.29 is 9.59 Å². The van der Waals surface area contributed by atoms with Gasteiger partial charge in [-0.1, -0.05) is 32.1 Å². The van der Waals surface area contributed by atoms with Crippen LogP contribution in [0.2, 0.25) is 0 Å². The summed E-state index contributed by atoms with van der Waals surface area (Å²) in [6, 6.07) is 0. The van der Waals surface area contributed by atoms with Gasteiger partial charge in [-0.2, -0.15) is 0 Å². The first-order valence-electron chi connectivity index (χ1n) is 6.00. The van der Waals surface area contributed by atoms with Crippen molar-refractivity contribution in [3.63, 3.8) is 0 Å². The summed E-state index contributed by atoms with van der Waals surface area (Å²) in [5, 5.41) is 0. The van der Waals surface area contributed by atoms with E-state index in [1.807, 2.05) is 6.08 Å². The van der Waals surface area contributed by atoms with E-state index < -0.39 is 0 Å². The lowest BCUT2D eigenvalue weighted by Crippen LogP contribution is -2.06. The summed E-state index contributed by atoms with van der Waals surface area (Å²) >= 11 is 0. The zero-order valence-corrected chi connectivity index (χ0v) is 10.4. The van der Waals surface area contributed by atoms with E-state index in [4.69, 9.17) is 0 Å². The second kappa shape index (κ2) is 4.10. The molecule has 0 aromatic heterocycles. The Hall–Kier alpha value is -1.44. The SMILES string of the molecule is C=C1C=C(C=O)C(C=O)=C[C@@H]2CC(C)(C)C[C@H]12. The lowest BCUT2D eigenvalue weighted by Gasteiger charge is -2.17. The average Bonchev–Trinajstić information content (AvgIpc) is 2.52. The highest BCUT2D eigenvalue weighted by atomic mass is 16.1. The fraction of sp³-hybridized carbons (Fsp3) is 0.467. The smallest absolute Gasteiger partial charge is 0.150 e. The number of fused-ring (bicyclic) bond motifs is 1. The van der Waals surface area contributed by atoms with Crippen LogP contribution in [0.25, 0.3) is 0 Å². The van der Waals surface area contributed by atoms with Gasteiger partial charge in [-0.05, 0) is 36.2 Å². The molecule has 2 aliphatic rings. The molecule has 0 saturated heterocycles. The van der Waals surface area contributed by atoms with Crippen molar-refractivity contribution in [2.45, 2.75) is 26.7 Å². The number of hydrogen-bond donors (Lipinski definition) is 0. The van der Waals surface area contributed by atoms with E-state index >= 15 is 0 Å². The normalized spacial score (nSPS) is 31.1. The molecule has 2 aliphatic carbocycles. The lowest BCUT2D eigenvalue weighted by molar-refractivity contribution is -0.107. The molecule has 0 aromatic carbocycles. The molecule has 90 valence electrons. The molecule has 0 unspecified atom stereocenters. The van der Waals surface area contributed by atoms with Gasteiger partial charge in [0.2, 0.25) is 0 Å². The van der Waals surface area contributed by atoms with Crippen LogP contribution in [0.1, 0.15) is 26.7 Å². The zero-order valence-electron chi connectivity index (χ0n) is 10.4. The maximum atomic E-state index is 11.0. The Morgan fingerprint density at radius 2 is 1.88 bits per heavy atom. The van der Waals surface area contributed by atoms with E-state index in [9.17, 15) is 9.59 Å². The fourth-order valence-electron chi connectivity index (χ4n) is 3.12. The third-order valence-corrected chi connectivity index (χ3v) is 3.88. The van der Waals surface area contributed by atoms with Crippen molar-refractivity contribution in [3.05, 3.63) is 35.5 Å². The third-order valence-electron chi connectivity index (χ3n) is 3.88. The van der Waals surface area contributed by atoms with Crippen molar-refractivity contribution in [2.24, 2.45) is 17.3 Å². The Labute approximate surface area is 102 Å². The second-order valence-corrected chi connectivity index (χ2v) is 5.88. The molecule has 1 fully saturated rings. The minimum Gasteiger partial charge on any atom is -0.298 e. The van der Waals surface area contributed by atoms with Gasteiger partial charge in [0.05, 0.1) is 0 Å². The van der Waals surface area contributed by atoms with Crippen LogP contribution in [0.4, 0.5) is 0 Å². The van der Waals surface area contributed by atoms with Crippen molar-refractivity contribution >= 4 is 12.6 Å². The van der Waals surface area contributed by atoms with Crippen LogP contribution in [0.3, 0.4) is 0 Å². The number of hydrogen-bond acceptors (Lipinski definition) is 2. The van der Waals surface area contributed by atoms with Crippen LogP contribution in [0.15, 0.2) is 35.5 Å². The summed E-state index contributed by atoms with van der Waals surface area (Å²) in [4.78, 5) is 22.0. The molecule has 0 radical (unpaired) electrons. The molecule has 0 N–H and O–H groups in total. The molecular formula is C15H18O2. The van der Waals surface area contributed by atoms with Crippen LogP contribution in [0, 0.1) is 17.3 Å². The van der Waals surface area contributed by atoms with E-state index in [1.165, 1.54) is 0 Å². The van der Waals surface area contributed by atoms with Crippen LogP contribution in [-0.4, -0.2) is 12.6 Å². The lowest BCUT2D eigenvalue weighted by atomic mass is 9.88. The summed E-state index contributed by atoms with van der Waals surface area (Å²) in [6.45, 7) is 8.55. The molecule has 0 spiro atoms. The monoisotopic (exact) mass is 230 g/mol. The molecule has 17 heavy (non-hydrogen) atoms. The summed E-state index contributed by atoms with van der Waals surface area (Å²) in [5.74, 6) is 0.712. The van der Waals surface area contributed by atoms with Crippen molar-refractivity contribution in [1.82, 2.24) is 0 Å². The Bertz CT molecular complexity index is 438. The number of rotatable bonds is 2. The van der Waals surface area contributed by atoms with Gasteiger partial charge in [-0.15, -0.1) is 0 Å². The second-order valence-electron chi connectivity index (χ2n) is 5.88. The van der Waals surface area contributed by atoms with Gasteiger partial charge < -0.3 is 0 Å². The van der Waals surface area contributed by atoms with E-state index in [2.05, 4.69) is 20.4 Å². The quantitative estimate of drug-likeness (QED) is 0.683. The Morgan fingerprint density at radius 1 is 1.24 bits per heavy atom. The third kappa shape index (κ3) is 2.17. The Morgan fingerprint density at radius 3 is 2.47 bits per heavy atom. The van der Waals surface area contributed by atoms with Gasteiger partial charge in [0.25, 0.3) is 0 Å². The standard InChI is InChI=1S/C15H18O2/c1-10-4-12(8-16)13(9-17)5-11-6-15(2,3)7-14(10)11/h4-5,8-9,11,14H,1,6-7H2,2-3H3/t11-,14-/m1/s1. The summed E-state index contributed by atoms with van der Waals surface area (Å²) in [5.41, 5.74) is 2.26. The first-order chi connectivity index (χ1) is 7.96. The maximum Gasteiger partial charge on any atom is 0.150 e. The minimum atomic E-state index is 0.287. The highest BCUT2D eigenvalue weighted by Gasteiger charge is 2.40. The topological polar surface area (TPSA) is 34.1 Å². The molecule has 1 saturated carbocycles. The van der Waals surface area contributed by atoms with E-state index in [-0.39, 0.29) is 5.41 Å². The molecular weight excluding hydrogens is 212 g/mol. The van der Waals surface area contributed by atoms with Gasteiger partial charge >= 0.3 is 0 Å². The number of carbonyl (C=O) groups is 2. The van der Waals surface area contributed by atoms with Crippen molar-refractivity contribution in [2.75, 3.05) is 0 Å². The van der Waals surface area contributed by atoms with Crippen LogP contribution in [0.5, 0.6) is 0 Å². The Kier molecular flexibility index (Phi) is 2.90. The Balaban J connectivity index is 2.43. The predicted molar refractivity (Wildman–Crippen MR) is 67.4 cm³/mol. The molecule has 2 heteroatoms. The highest BCUT2D eigenvalue weighted by Crippen LogP contribution is 2.50. The van der Waals surface area contributed by atoms with Gasteiger partial charge in [-0.25, -0.2) is 0 Å². The van der Waals surface area contributed by atoms with Crippen LogP contribution < -0.4 is 0 Å². The molecule has 2 nitrogen and oxygen atoms in total. The van der Waals surface area contributed by atoms with E-state index in [1.54, 1.807) is 6.08 Å². The van der Waals surface area contributed by atoms with Gasteiger partial charge in [0.1, 0.15) is 6.29 Å². The van der Waals surface area contributed by atoms with E-state index in [0.29, 0.717) is 23.0 Å². The van der Waals surface area contributed by atoms with Crippen LogP contribution >= 0.6 is 0 Å². The number of allylic oxidation sites excluding steroid dienone is 5. The maximum absolute atomic E-state index is 11.0. The summed E-state index contributed by atoms with van der Waals surface area (Å²) < 4.78 is 0. The summed E-state index contributed by atoms with van der Waals surface area (Å²) in [6.07, 6.45) is 7.39. The molecule has 2 rings (SSSR count). The number of carbonyl (C=O) groups excluding carboxylic acids is 2. The first kappa shape index (κ1) is 12.0. The van der Waals surface area contributed by atoms with Crippen molar-refractivity contribution in [3.8, 4) is 0 Å². The number of aldehydes is 2. The first-order valence-corrected chi connectivity index (χ1v) is 6.00. The fourth-order valence-corrected chi connectivity index (χ4v) is 3.12. The zero-order chi connectivity index (χ0) is 12.6.